The number of furan rings is 1. The maximum Gasteiger partial charge on any atom is 0.274 e. The Balaban J connectivity index is 2.11. The van der Waals surface area contributed by atoms with Gasteiger partial charge in [-0.05, 0) is 12.1 Å². The van der Waals surface area contributed by atoms with Crippen LogP contribution in [0.15, 0.2) is 32.5 Å². The number of thiazole rings is 1. The third-order valence-electron chi connectivity index (χ3n) is 1.91. The van der Waals surface area contributed by atoms with E-state index in [4.69, 9.17) is 4.42 Å². The van der Waals surface area contributed by atoms with Crippen LogP contribution >= 0.6 is 11.3 Å². The Labute approximate surface area is 101 Å². The average Bonchev–Trinajstić information content (AvgIpc) is 2.98. The molecular weight excluding hydrogens is 264 g/mol. The quantitative estimate of drug-likeness (QED) is 0.821. The van der Waals surface area contributed by atoms with Gasteiger partial charge in [0.2, 0.25) is 5.09 Å². The second-order valence-corrected chi connectivity index (χ2v) is 5.50. The zero-order chi connectivity index (χ0) is 12.3. The van der Waals surface area contributed by atoms with E-state index in [0.717, 1.165) is 0 Å². The van der Waals surface area contributed by atoms with Crippen LogP contribution in [0.5, 0.6) is 0 Å². The Hall–Kier alpha value is -1.51. The van der Waals surface area contributed by atoms with Crippen LogP contribution in [0.1, 0.15) is 16.2 Å². The van der Waals surface area contributed by atoms with Gasteiger partial charge >= 0.3 is 0 Å². The summed E-state index contributed by atoms with van der Waals surface area (Å²) in [6, 6.07) is 2.53. The van der Waals surface area contributed by atoms with E-state index in [-0.39, 0.29) is 17.4 Å². The zero-order valence-electron chi connectivity index (χ0n) is 8.49. The van der Waals surface area contributed by atoms with Crippen LogP contribution in [-0.2, 0) is 16.6 Å². The van der Waals surface area contributed by atoms with Crippen molar-refractivity contribution < 1.29 is 17.6 Å². The van der Waals surface area contributed by atoms with Gasteiger partial charge in [0.25, 0.3) is 10.0 Å². The largest absolute Gasteiger partial charge is 0.440 e. The molecule has 0 radical (unpaired) electrons. The highest BCUT2D eigenvalue weighted by Gasteiger charge is 2.18. The van der Waals surface area contributed by atoms with Gasteiger partial charge < -0.3 is 4.42 Å². The molecule has 0 atom stereocenters. The van der Waals surface area contributed by atoms with Gasteiger partial charge in [-0.1, -0.05) is 0 Å². The minimum absolute atomic E-state index is 0.0287. The van der Waals surface area contributed by atoms with Gasteiger partial charge in [0, 0.05) is 5.38 Å². The van der Waals surface area contributed by atoms with E-state index in [1.165, 1.54) is 23.5 Å². The molecule has 8 heteroatoms. The number of carbonyl (C=O) groups is 1. The van der Waals surface area contributed by atoms with Crippen molar-refractivity contribution in [2.45, 2.75) is 11.6 Å². The standard InChI is InChI=1S/C9H8N2O4S2/c12-4-8-1-2-9(15-8)17(13,14)11-3-7-5-16-6-10-7/h1-2,4-6,11H,3H2. The van der Waals surface area contributed by atoms with E-state index in [0.29, 0.717) is 12.0 Å². The molecule has 0 fully saturated rings. The van der Waals surface area contributed by atoms with Gasteiger partial charge in [-0.3, -0.25) is 4.79 Å². The molecule has 90 valence electrons. The van der Waals surface area contributed by atoms with E-state index in [1.807, 2.05) is 0 Å². The fraction of sp³-hybridized carbons (Fsp3) is 0.111. The van der Waals surface area contributed by atoms with E-state index < -0.39 is 10.0 Å². The molecule has 0 saturated carbocycles. The average molecular weight is 272 g/mol. The molecular formula is C9H8N2O4S2. The summed E-state index contributed by atoms with van der Waals surface area (Å²) in [5, 5.41) is 1.46. The predicted molar refractivity (Wildman–Crippen MR) is 60.2 cm³/mol. The summed E-state index contributed by atoms with van der Waals surface area (Å²) in [5.74, 6) is -0.0287. The number of aldehydes is 1. The second-order valence-electron chi connectivity index (χ2n) is 3.08. The summed E-state index contributed by atoms with van der Waals surface area (Å²) in [6.07, 6.45) is 0.444. The maximum atomic E-state index is 11.7. The van der Waals surface area contributed by atoms with E-state index in [9.17, 15) is 13.2 Å². The predicted octanol–water partition coefficient (Wildman–Crippen LogP) is 1.03. The highest BCUT2D eigenvalue weighted by Crippen LogP contribution is 2.12. The molecule has 2 rings (SSSR count). The third kappa shape index (κ3) is 2.78. The van der Waals surface area contributed by atoms with Gasteiger partial charge in [0.1, 0.15) is 0 Å². The second kappa shape index (κ2) is 4.78. The summed E-state index contributed by atoms with van der Waals surface area (Å²) in [6.45, 7) is 0.0863. The maximum absolute atomic E-state index is 11.7. The number of carbonyl (C=O) groups excluding carboxylic acids is 1. The van der Waals surface area contributed by atoms with Crippen molar-refractivity contribution >= 4 is 27.6 Å². The Morgan fingerprint density at radius 3 is 2.88 bits per heavy atom. The highest BCUT2D eigenvalue weighted by molar-refractivity contribution is 7.89. The van der Waals surface area contributed by atoms with Crippen LogP contribution in [0.2, 0.25) is 0 Å². The number of aromatic nitrogens is 1. The molecule has 17 heavy (non-hydrogen) atoms. The monoisotopic (exact) mass is 272 g/mol. The van der Waals surface area contributed by atoms with E-state index in [2.05, 4.69) is 9.71 Å². The van der Waals surface area contributed by atoms with Gasteiger partial charge in [0.05, 0.1) is 17.7 Å². The molecule has 0 saturated heterocycles. The van der Waals surface area contributed by atoms with Crippen LogP contribution in [0.3, 0.4) is 0 Å². The Morgan fingerprint density at radius 1 is 1.47 bits per heavy atom. The molecule has 0 spiro atoms. The van der Waals surface area contributed by atoms with Crippen molar-refractivity contribution in [2.75, 3.05) is 0 Å². The van der Waals surface area contributed by atoms with Crippen molar-refractivity contribution in [1.82, 2.24) is 9.71 Å². The summed E-state index contributed by atoms with van der Waals surface area (Å²) in [7, 11) is -3.74. The number of hydrogen-bond donors (Lipinski definition) is 1. The van der Waals surface area contributed by atoms with Crippen LogP contribution in [0, 0.1) is 0 Å². The van der Waals surface area contributed by atoms with Crippen LogP contribution in [0.4, 0.5) is 0 Å². The number of rotatable bonds is 5. The lowest BCUT2D eigenvalue weighted by atomic mass is 10.5. The molecule has 0 aliphatic carbocycles. The molecule has 0 unspecified atom stereocenters. The van der Waals surface area contributed by atoms with Gasteiger partial charge in [-0.2, -0.15) is 0 Å². The normalized spacial score (nSPS) is 11.5. The Morgan fingerprint density at radius 2 is 2.29 bits per heavy atom. The van der Waals surface area contributed by atoms with Crippen molar-refractivity contribution in [3.8, 4) is 0 Å². The lowest BCUT2D eigenvalue weighted by Crippen LogP contribution is -2.22. The molecule has 0 aliphatic rings. The van der Waals surface area contributed by atoms with Crippen LogP contribution in [-0.4, -0.2) is 19.7 Å². The van der Waals surface area contributed by atoms with Crippen molar-refractivity contribution in [2.24, 2.45) is 0 Å². The smallest absolute Gasteiger partial charge is 0.274 e. The topological polar surface area (TPSA) is 89.3 Å². The molecule has 0 amide bonds. The lowest BCUT2D eigenvalue weighted by Gasteiger charge is -2.01. The van der Waals surface area contributed by atoms with Gasteiger partial charge in [-0.15, -0.1) is 11.3 Å². The summed E-state index contributed by atoms with van der Waals surface area (Å²) < 4.78 is 30.6. The Bertz CT molecular complexity index is 601. The molecule has 6 nitrogen and oxygen atoms in total. The zero-order valence-corrected chi connectivity index (χ0v) is 10.1. The summed E-state index contributed by atoms with van der Waals surface area (Å²) in [4.78, 5) is 14.3. The molecule has 1 N–H and O–H groups in total. The first-order chi connectivity index (χ1) is 8.12. The van der Waals surface area contributed by atoms with Crippen molar-refractivity contribution in [3.63, 3.8) is 0 Å². The molecule has 0 bridgehead atoms. The van der Waals surface area contributed by atoms with E-state index in [1.54, 1.807) is 10.9 Å². The third-order valence-corrected chi connectivity index (χ3v) is 3.82. The van der Waals surface area contributed by atoms with Crippen LogP contribution in [0.25, 0.3) is 0 Å². The van der Waals surface area contributed by atoms with E-state index >= 15 is 0 Å². The number of sulfonamides is 1. The first kappa shape index (κ1) is 12.0. The minimum atomic E-state index is -3.74. The summed E-state index contributed by atoms with van der Waals surface area (Å²) >= 11 is 1.38. The number of nitrogens with one attached hydrogen (secondary N) is 1. The first-order valence-electron chi connectivity index (χ1n) is 4.53. The highest BCUT2D eigenvalue weighted by atomic mass is 32.2. The van der Waals surface area contributed by atoms with Crippen molar-refractivity contribution in [3.05, 3.63) is 34.5 Å². The van der Waals surface area contributed by atoms with Gasteiger partial charge in [0.15, 0.2) is 12.0 Å². The fourth-order valence-electron chi connectivity index (χ4n) is 1.11. The SMILES string of the molecule is O=Cc1ccc(S(=O)(=O)NCc2cscn2)o1. The van der Waals surface area contributed by atoms with Crippen LogP contribution < -0.4 is 4.72 Å². The molecule has 2 aromatic heterocycles. The molecule has 2 aromatic rings. The first-order valence-corrected chi connectivity index (χ1v) is 6.96. The Kier molecular flexibility index (Phi) is 3.36. The fourth-order valence-corrected chi connectivity index (χ4v) is 2.60. The molecule has 0 aliphatic heterocycles. The van der Waals surface area contributed by atoms with Gasteiger partial charge in [-0.25, -0.2) is 18.1 Å². The summed E-state index contributed by atoms with van der Waals surface area (Å²) in [5.41, 5.74) is 2.24. The van der Waals surface area contributed by atoms with Crippen molar-refractivity contribution in [1.29, 1.82) is 0 Å². The number of nitrogens with zero attached hydrogens (tertiary/aromatic N) is 1. The minimum Gasteiger partial charge on any atom is -0.440 e. The molecule has 0 aromatic carbocycles. The lowest BCUT2D eigenvalue weighted by molar-refractivity contribution is 0.109. The molecule has 2 heterocycles. The number of hydrogen-bond acceptors (Lipinski definition) is 6.